The molecule has 2 atom stereocenters. The van der Waals surface area contributed by atoms with Gasteiger partial charge in [-0.1, -0.05) is 31.2 Å². The van der Waals surface area contributed by atoms with Gasteiger partial charge in [0, 0.05) is 23.9 Å². The van der Waals surface area contributed by atoms with Gasteiger partial charge in [0.05, 0.1) is 5.92 Å². The zero-order valence-electron chi connectivity index (χ0n) is 15.7. The second-order valence-corrected chi connectivity index (χ2v) is 7.99. The summed E-state index contributed by atoms with van der Waals surface area (Å²) < 4.78 is 27.9. The van der Waals surface area contributed by atoms with E-state index in [0.717, 1.165) is 0 Å². The fourth-order valence-corrected chi connectivity index (χ4v) is 4.31. The molecular formula is C20H20F2N4OS. The van der Waals surface area contributed by atoms with Crippen molar-refractivity contribution in [2.24, 2.45) is 10.7 Å². The lowest BCUT2D eigenvalue weighted by Gasteiger charge is -2.40. The first kappa shape index (κ1) is 20.0. The standard InChI is InChI=1S/C20H20F2N4OS/c1-4-20(21,22)13-7-5-12(6-8-13)16-17(27)26(3)18(24)25-19(16,2)15-10-9-14(11-23)28-15/h5-10,16H,4H2,1-3H3,(H2,24,25)/t16-,19+/m0/s1. The lowest BCUT2D eigenvalue weighted by Crippen LogP contribution is -2.52. The van der Waals surface area contributed by atoms with Crippen LogP contribution in [0.4, 0.5) is 8.78 Å². The van der Waals surface area contributed by atoms with Gasteiger partial charge in [-0.25, -0.2) is 13.8 Å². The van der Waals surface area contributed by atoms with Gasteiger partial charge in [-0.05, 0) is 24.6 Å². The fourth-order valence-electron chi connectivity index (χ4n) is 3.38. The number of alkyl halides is 2. The summed E-state index contributed by atoms with van der Waals surface area (Å²) in [7, 11) is 1.53. The van der Waals surface area contributed by atoms with E-state index in [-0.39, 0.29) is 23.9 Å². The molecule has 146 valence electrons. The first-order chi connectivity index (χ1) is 13.1. The lowest BCUT2D eigenvalue weighted by molar-refractivity contribution is -0.130. The van der Waals surface area contributed by atoms with Gasteiger partial charge in [0.15, 0.2) is 5.96 Å². The number of carbonyl (C=O) groups excluding carboxylic acids is 1. The number of nitrogens with zero attached hydrogens (tertiary/aromatic N) is 3. The van der Waals surface area contributed by atoms with Crippen LogP contribution in [-0.4, -0.2) is 23.8 Å². The molecule has 1 aliphatic rings. The molecule has 0 bridgehead atoms. The van der Waals surface area contributed by atoms with Crippen LogP contribution in [0, 0.1) is 11.3 Å². The van der Waals surface area contributed by atoms with Crippen molar-refractivity contribution in [1.29, 1.82) is 5.26 Å². The highest BCUT2D eigenvalue weighted by Crippen LogP contribution is 2.46. The van der Waals surface area contributed by atoms with Crippen LogP contribution in [0.25, 0.3) is 0 Å². The fraction of sp³-hybridized carbons (Fsp3) is 0.350. The monoisotopic (exact) mass is 402 g/mol. The number of nitrogens with two attached hydrogens (primary N) is 1. The minimum atomic E-state index is -2.92. The number of carbonyl (C=O) groups is 1. The smallest absolute Gasteiger partial charge is 0.273 e. The van der Waals surface area contributed by atoms with Gasteiger partial charge in [0.2, 0.25) is 5.91 Å². The maximum Gasteiger partial charge on any atom is 0.273 e. The molecule has 1 amide bonds. The Kier molecular flexibility index (Phi) is 4.98. The molecular weight excluding hydrogens is 382 g/mol. The predicted octanol–water partition coefficient (Wildman–Crippen LogP) is 3.91. The predicted molar refractivity (Wildman–Crippen MR) is 104 cm³/mol. The molecule has 5 nitrogen and oxygen atoms in total. The summed E-state index contributed by atoms with van der Waals surface area (Å²) in [4.78, 5) is 20.1. The molecule has 0 radical (unpaired) electrons. The normalized spacial score (nSPS) is 22.7. The molecule has 3 rings (SSSR count). The van der Waals surface area contributed by atoms with E-state index >= 15 is 0 Å². The van der Waals surface area contributed by atoms with Gasteiger partial charge in [0.25, 0.3) is 5.92 Å². The molecule has 1 aromatic carbocycles. The third-order valence-electron chi connectivity index (χ3n) is 5.16. The summed E-state index contributed by atoms with van der Waals surface area (Å²) in [6.45, 7) is 3.20. The van der Waals surface area contributed by atoms with E-state index in [1.807, 2.05) is 0 Å². The highest BCUT2D eigenvalue weighted by molar-refractivity contribution is 7.12. The lowest BCUT2D eigenvalue weighted by atomic mass is 9.77. The van der Waals surface area contributed by atoms with Crippen molar-refractivity contribution < 1.29 is 13.6 Å². The van der Waals surface area contributed by atoms with Crippen LogP contribution in [0.5, 0.6) is 0 Å². The van der Waals surface area contributed by atoms with Gasteiger partial charge in [-0.3, -0.25) is 9.69 Å². The van der Waals surface area contributed by atoms with Crippen molar-refractivity contribution in [2.45, 2.75) is 37.6 Å². The topological polar surface area (TPSA) is 82.5 Å². The summed E-state index contributed by atoms with van der Waals surface area (Å²) >= 11 is 1.24. The molecule has 0 saturated carbocycles. The average molecular weight is 402 g/mol. The number of thiophene rings is 1. The molecule has 8 heteroatoms. The molecule has 2 N–H and O–H groups in total. The van der Waals surface area contributed by atoms with Crippen molar-refractivity contribution in [1.82, 2.24) is 4.90 Å². The van der Waals surface area contributed by atoms with Crippen molar-refractivity contribution in [3.63, 3.8) is 0 Å². The Balaban J connectivity index is 2.13. The Labute approximate surface area is 166 Å². The number of halogens is 2. The molecule has 0 fully saturated rings. The number of rotatable bonds is 4. The Bertz CT molecular complexity index is 977. The maximum absolute atomic E-state index is 14.0. The molecule has 2 aromatic rings. The summed E-state index contributed by atoms with van der Waals surface area (Å²) in [6, 6.07) is 11.3. The summed E-state index contributed by atoms with van der Waals surface area (Å²) in [5.74, 6) is -3.88. The van der Waals surface area contributed by atoms with Crippen molar-refractivity contribution in [3.05, 3.63) is 57.3 Å². The SMILES string of the molecule is CCC(F)(F)c1ccc([C@H]2C(=O)N(C)C(N)=N[C@]2(C)c2ccc(C#N)s2)cc1. The van der Waals surface area contributed by atoms with E-state index < -0.39 is 17.4 Å². The Hall–Kier alpha value is -2.79. The summed E-state index contributed by atoms with van der Waals surface area (Å²) in [5, 5.41) is 9.15. The van der Waals surface area contributed by atoms with E-state index in [2.05, 4.69) is 11.1 Å². The highest BCUT2D eigenvalue weighted by Gasteiger charge is 2.48. The Morgan fingerprint density at radius 3 is 2.50 bits per heavy atom. The number of likely N-dealkylation sites (N-methyl/N-ethyl adjacent to an activating group) is 1. The minimum Gasteiger partial charge on any atom is -0.369 e. The zero-order chi connectivity index (χ0) is 20.7. The van der Waals surface area contributed by atoms with Crippen molar-refractivity contribution in [2.75, 3.05) is 7.05 Å². The Morgan fingerprint density at radius 1 is 1.32 bits per heavy atom. The molecule has 0 unspecified atom stereocenters. The number of nitriles is 1. The van der Waals surface area contributed by atoms with Crippen LogP contribution in [0.1, 0.15) is 47.1 Å². The minimum absolute atomic E-state index is 0.0739. The van der Waals surface area contributed by atoms with Gasteiger partial charge >= 0.3 is 0 Å². The van der Waals surface area contributed by atoms with E-state index in [1.165, 1.54) is 42.3 Å². The first-order valence-corrected chi connectivity index (χ1v) is 9.57. The molecule has 2 heterocycles. The molecule has 28 heavy (non-hydrogen) atoms. The van der Waals surface area contributed by atoms with Gasteiger partial charge in [0.1, 0.15) is 16.5 Å². The molecule has 1 aliphatic heterocycles. The zero-order valence-corrected chi connectivity index (χ0v) is 16.6. The molecule has 0 spiro atoms. The van der Waals surface area contributed by atoms with Gasteiger partial charge in [-0.15, -0.1) is 11.3 Å². The van der Waals surface area contributed by atoms with Gasteiger partial charge < -0.3 is 5.73 Å². The largest absolute Gasteiger partial charge is 0.369 e. The van der Waals surface area contributed by atoms with Crippen LogP contribution in [-0.2, 0) is 16.3 Å². The first-order valence-electron chi connectivity index (χ1n) is 8.75. The van der Waals surface area contributed by atoms with E-state index in [1.54, 1.807) is 31.2 Å². The molecule has 0 saturated heterocycles. The van der Waals surface area contributed by atoms with Crippen LogP contribution >= 0.6 is 11.3 Å². The number of hydrogen-bond acceptors (Lipinski definition) is 5. The second kappa shape index (κ2) is 6.99. The average Bonchev–Trinajstić information content (AvgIpc) is 3.17. The van der Waals surface area contributed by atoms with E-state index in [9.17, 15) is 13.6 Å². The number of amides is 1. The highest BCUT2D eigenvalue weighted by atomic mass is 32.1. The third-order valence-corrected chi connectivity index (χ3v) is 6.37. The van der Waals surface area contributed by atoms with Crippen LogP contribution in [0.2, 0.25) is 0 Å². The third kappa shape index (κ3) is 3.16. The number of aliphatic imine (C=N–C) groups is 1. The van der Waals surface area contributed by atoms with E-state index in [4.69, 9.17) is 11.0 Å². The van der Waals surface area contributed by atoms with Gasteiger partial charge in [-0.2, -0.15) is 5.26 Å². The van der Waals surface area contributed by atoms with Crippen molar-refractivity contribution >= 4 is 23.2 Å². The van der Waals surface area contributed by atoms with Crippen LogP contribution in [0.15, 0.2) is 41.4 Å². The number of benzene rings is 1. The quantitative estimate of drug-likeness (QED) is 0.842. The number of hydrogen-bond donors (Lipinski definition) is 1. The maximum atomic E-state index is 14.0. The van der Waals surface area contributed by atoms with E-state index in [0.29, 0.717) is 15.3 Å². The second-order valence-electron chi connectivity index (χ2n) is 6.90. The summed E-state index contributed by atoms with van der Waals surface area (Å²) in [5.41, 5.74) is 5.39. The van der Waals surface area contributed by atoms with Crippen LogP contribution in [0.3, 0.4) is 0 Å². The number of guanidine groups is 1. The summed E-state index contributed by atoms with van der Waals surface area (Å²) in [6.07, 6.45) is -0.303. The van der Waals surface area contributed by atoms with Crippen molar-refractivity contribution in [3.8, 4) is 6.07 Å². The molecule has 0 aliphatic carbocycles. The Morgan fingerprint density at radius 2 is 1.96 bits per heavy atom. The molecule has 1 aromatic heterocycles. The van der Waals surface area contributed by atoms with Crippen LogP contribution < -0.4 is 5.73 Å².